The zero-order chi connectivity index (χ0) is 10.4. The van der Waals surface area contributed by atoms with Crippen LogP contribution in [0.3, 0.4) is 0 Å². The highest BCUT2D eigenvalue weighted by molar-refractivity contribution is 9.10. The first-order chi connectivity index (χ1) is 7.24. The summed E-state index contributed by atoms with van der Waals surface area (Å²) in [5.41, 5.74) is 1.83. The smallest absolute Gasteiger partial charge is 0.136 e. The molecule has 0 radical (unpaired) electrons. The lowest BCUT2D eigenvalue weighted by atomic mass is 10.2. The molecule has 3 rings (SSSR count). The summed E-state index contributed by atoms with van der Waals surface area (Å²) in [7, 11) is 0. The van der Waals surface area contributed by atoms with Gasteiger partial charge in [-0.2, -0.15) is 0 Å². The van der Waals surface area contributed by atoms with E-state index in [9.17, 15) is 0 Å². The highest BCUT2D eigenvalue weighted by atomic mass is 79.9. The molecule has 0 aliphatic rings. The van der Waals surface area contributed by atoms with Crippen LogP contribution in [-0.2, 0) is 0 Å². The van der Waals surface area contributed by atoms with E-state index in [-0.39, 0.29) is 0 Å². The first-order valence-corrected chi connectivity index (χ1v) is 6.10. The van der Waals surface area contributed by atoms with Crippen molar-refractivity contribution in [2.75, 3.05) is 0 Å². The van der Waals surface area contributed by atoms with Crippen LogP contribution >= 0.6 is 31.9 Å². The summed E-state index contributed by atoms with van der Waals surface area (Å²) in [6.07, 6.45) is 0. The van der Waals surface area contributed by atoms with Crippen molar-refractivity contribution in [2.24, 2.45) is 0 Å². The van der Waals surface area contributed by atoms with Crippen LogP contribution in [0.4, 0.5) is 0 Å². The number of furan rings is 1. The highest BCUT2D eigenvalue weighted by Gasteiger charge is 2.06. The van der Waals surface area contributed by atoms with E-state index in [2.05, 4.69) is 44.0 Å². The maximum Gasteiger partial charge on any atom is 0.136 e. The predicted octanol–water partition coefficient (Wildman–Crippen LogP) is 5.11. The number of hydrogen-bond donors (Lipinski definition) is 0. The second kappa shape index (κ2) is 3.35. The monoisotopic (exact) mass is 324 g/mol. The lowest BCUT2D eigenvalue weighted by molar-refractivity contribution is 0.668. The Labute approximate surface area is 103 Å². The van der Waals surface area contributed by atoms with Gasteiger partial charge in [0.2, 0.25) is 0 Å². The lowest BCUT2D eigenvalue weighted by Crippen LogP contribution is -1.67. The Morgan fingerprint density at radius 2 is 1.20 bits per heavy atom. The SMILES string of the molecule is Brc1ccc2c(c1)oc1cc(Br)ccc12. The molecule has 0 spiro atoms. The number of rotatable bonds is 0. The molecule has 1 aromatic heterocycles. The van der Waals surface area contributed by atoms with E-state index in [4.69, 9.17) is 4.42 Å². The van der Waals surface area contributed by atoms with E-state index in [0.29, 0.717) is 0 Å². The van der Waals surface area contributed by atoms with Gasteiger partial charge in [0.1, 0.15) is 11.2 Å². The van der Waals surface area contributed by atoms with Gasteiger partial charge in [0.15, 0.2) is 0 Å². The van der Waals surface area contributed by atoms with E-state index < -0.39 is 0 Å². The van der Waals surface area contributed by atoms with Crippen LogP contribution in [0, 0.1) is 0 Å². The predicted molar refractivity (Wildman–Crippen MR) is 69.1 cm³/mol. The fraction of sp³-hybridized carbons (Fsp3) is 0. The summed E-state index contributed by atoms with van der Waals surface area (Å²) in [6.45, 7) is 0. The van der Waals surface area contributed by atoms with Gasteiger partial charge >= 0.3 is 0 Å². The third-order valence-electron chi connectivity index (χ3n) is 2.40. The van der Waals surface area contributed by atoms with Crippen LogP contribution in [0.25, 0.3) is 21.9 Å². The molecule has 0 unspecified atom stereocenters. The molecule has 0 saturated carbocycles. The molecule has 0 aliphatic carbocycles. The second-order valence-corrected chi connectivity index (χ2v) is 5.21. The average Bonchev–Trinajstić information content (AvgIpc) is 2.53. The largest absolute Gasteiger partial charge is 0.456 e. The highest BCUT2D eigenvalue weighted by Crippen LogP contribution is 2.31. The summed E-state index contributed by atoms with van der Waals surface area (Å²) in [6, 6.07) is 12.2. The van der Waals surface area contributed by atoms with Crippen LogP contribution in [0.2, 0.25) is 0 Å². The van der Waals surface area contributed by atoms with Crippen molar-refractivity contribution in [3.8, 4) is 0 Å². The Morgan fingerprint density at radius 3 is 1.67 bits per heavy atom. The van der Waals surface area contributed by atoms with Gasteiger partial charge in [-0.05, 0) is 36.4 Å². The summed E-state index contributed by atoms with van der Waals surface area (Å²) in [4.78, 5) is 0. The number of fused-ring (bicyclic) bond motifs is 3. The first-order valence-electron chi connectivity index (χ1n) is 4.51. The van der Waals surface area contributed by atoms with E-state index in [1.807, 2.05) is 24.3 Å². The standard InChI is InChI=1S/C12H6Br2O/c13-7-1-3-9-10-4-2-8(14)6-12(10)15-11(9)5-7/h1-6H. The van der Waals surface area contributed by atoms with Gasteiger partial charge in [0.05, 0.1) is 0 Å². The van der Waals surface area contributed by atoms with E-state index in [1.54, 1.807) is 0 Å². The molecule has 0 N–H and O–H groups in total. The molecule has 1 nitrogen and oxygen atoms in total. The fourth-order valence-corrected chi connectivity index (χ4v) is 2.40. The number of benzene rings is 2. The molecular formula is C12H6Br2O. The van der Waals surface area contributed by atoms with Crippen molar-refractivity contribution >= 4 is 53.8 Å². The molecule has 3 aromatic rings. The van der Waals surface area contributed by atoms with Crippen molar-refractivity contribution in [3.63, 3.8) is 0 Å². The first kappa shape index (κ1) is 9.43. The zero-order valence-corrected chi connectivity index (χ0v) is 10.8. The third kappa shape index (κ3) is 1.50. The molecule has 0 atom stereocenters. The minimum atomic E-state index is 0.914. The Hall–Kier alpha value is -0.800. The van der Waals surface area contributed by atoms with Gasteiger partial charge < -0.3 is 4.42 Å². The van der Waals surface area contributed by atoms with E-state index in [0.717, 1.165) is 30.9 Å². The van der Waals surface area contributed by atoms with Crippen molar-refractivity contribution in [1.29, 1.82) is 0 Å². The quantitative estimate of drug-likeness (QED) is 0.559. The summed E-state index contributed by atoms with van der Waals surface area (Å²) < 4.78 is 7.82. The molecule has 1 heterocycles. The van der Waals surface area contributed by atoms with Crippen LogP contribution in [0.5, 0.6) is 0 Å². The van der Waals surface area contributed by atoms with Gasteiger partial charge in [0.25, 0.3) is 0 Å². The van der Waals surface area contributed by atoms with Gasteiger partial charge in [-0.15, -0.1) is 0 Å². The Bertz CT molecular complexity index is 599. The molecule has 0 amide bonds. The van der Waals surface area contributed by atoms with Gasteiger partial charge in [-0.1, -0.05) is 31.9 Å². The molecule has 0 aliphatic heterocycles. The number of halogens is 2. The van der Waals surface area contributed by atoms with Crippen molar-refractivity contribution < 1.29 is 4.42 Å². The van der Waals surface area contributed by atoms with Gasteiger partial charge in [-0.25, -0.2) is 0 Å². The minimum Gasteiger partial charge on any atom is -0.456 e. The maximum absolute atomic E-state index is 5.75. The van der Waals surface area contributed by atoms with Crippen LogP contribution in [-0.4, -0.2) is 0 Å². The third-order valence-corrected chi connectivity index (χ3v) is 3.38. The van der Waals surface area contributed by atoms with Crippen LogP contribution in [0.15, 0.2) is 49.8 Å². The lowest BCUT2D eigenvalue weighted by Gasteiger charge is -1.90. The summed E-state index contributed by atoms with van der Waals surface area (Å²) in [5, 5.41) is 2.31. The van der Waals surface area contributed by atoms with E-state index in [1.165, 1.54) is 0 Å². The molecule has 0 bridgehead atoms. The van der Waals surface area contributed by atoms with Crippen molar-refractivity contribution in [1.82, 2.24) is 0 Å². The maximum atomic E-state index is 5.75. The second-order valence-electron chi connectivity index (χ2n) is 3.38. The molecule has 0 fully saturated rings. The van der Waals surface area contributed by atoms with E-state index >= 15 is 0 Å². The summed E-state index contributed by atoms with van der Waals surface area (Å²) in [5.74, 6) is 0. The molecule has 0 saturated heterocycles. The normalized spacial score (nSPS) is 11.3. The van der Waals surface area contributed by atoms with Crippen LogP contribution in [0.1, 0.15) is 0 Å². The van der Waals surface area contributed by atoms with Crippen molar-refractivity contribution in [2.45, 2.75) is 0 Å². The van der Waals surface area contributed by atoms with Crippen LogP contribution < -0.4 is 0 Å². The Morgan fingerprint density at radius 1 is 0.733 bits per heavy atom. The minimum absolute atomic E-state index is 0.914. The topological polar surface area (TPSA) is 13.1 Å². The molecule has 74 valence electrons. The van der Waals surface area contributed by atoms with Gasteiger partial charge in [0, 0.05) is 19.7 Å². The average molecular weight is 326 g/mol. The fourth-order valence-electron chi connectivity index (χ4n) is 1.72. The zero-order valence-electron chi connectivity index (χ0n) is 7.63. The molecule has 3 heteroatoms. The molecular weight excluding hydrogens is 320 g/mol. The Kier molecular flexibility index (Phi) is 2.11. The number of hydrogen-bond acceptors (Lipinski definition) is 1. The Balaban J connectivity index is 2.51. The van der Waals surface area contributed by atoms with Gasteiger partial charge in [-0.3, -0.25) is 0 Å². The summed E-state index contributed by atoms with van der Waals surface area (Å²) >= 11 is 6.87. The molecule has 2 aromatic carbocycles. The van der Waals surface area contributed by atoms with Crippen molar-refractivity contribution in [3.05, 3.63) is 45.3 Å². The molecule has 15 heavy (non-hydrogen) atoms.